The summed E-state index contributed by atoms with van der Waals surface area (Å²) in [6, 6.07) is 22.0. The van der Waals surface area contributed by atoms with E-state index in [4.69, 9.17) is 0 Å². The lowest BCUT2D eigenvalue weighted by atomic mass is 10.1. The molecule has 0 bridgehead atoms. The fraction of sp³-hybridized carbons (Fsp3) is 0.259. The third-order valence-electron chi connectivity index (χ3n) is 6.44. The largest absolute Gasteiger partial charge is 0.353 e. The highest BCUT2D eigenvalue weighted by Crippen LogP contribution is 2.30. The summed E-state index contributed by atoms with van der Waals surface area (Å²) in [6.07, 6.45) is 0.900. The van der Waals surface area contributed by atoms with E-state index >= 15 is 0 Å². The molecule has 0 saturated carbocycles. The highest BCUT2D eigenvalue weighted by molar-refractivity contribution is 7.92. The van der Waals surface area contributed by atoms with E-state index in [2.05, 4.69) is 48.5 Å². The van der Waals surface area contributed by atoms with Crippen LogP contribution >= 0.6 is 11.5 Å². The summed E-state index contributed by atoms with van der Waals surface area (Å²) in [6.45, 7) is 6.26. The Hall–Kier alpha value is -3.47. The van der Waals surface area contributed by atoms with E-state index in [9.17, 15) is 13.2 Å². The first-order valence-corrected chi connectivity index (χ1v) is 14.4. The molecule has 0 aliphatic carbocycles. The lowest BCUT2D eigenvalue weighted by Crippen LogP contribution is -2.47. The Morgan fingerprint density at radius 2 is 1.59 bits per heavy atom. The predicted octanol–water partition coefficient (Wildman–Crippen LogP) is 4.42. The Morgan fingerprint density at radius 3 is 2.30 bits per heavy atom. The third kappa shape index (κ3) is 6.10. The van der Waals surface area contributed by atoms with Crippen molar-refractivity contribution >= 4 is 54.7 Å². The molecule has 0 radical (unpaired) electrons. The van der Waals surface area contributed by atoms with E-state index in [0.717, 1.165) is 50.5 Å². The fourth-order valence-corrected chi connectivity index (χ4v) is 6.30. The van der Waals surface area contributed by atoms with Crippen molar-refractivity contribution in [2.45, 2.75) is 18.2 Å². The summed E-state index contributed by atoms with van der Waals surface area (Å²) in [5, 5.41) is 3.86. The summed E-state index contributed by atoms with van der Waals surface area (Å²) in [5.74, 6) is 0.891. The zero-order valence-corrected chi connectivity index (χ0v) is 22.2. The van der Waals surface area contributed by atoms with Crippen molar-refractivity contribution in [2.75, 3.05) is 47.7 Å². The summed E-state index contributed by atoms with van der Waals surface area (Å²) in [4.78, 5) is 16.1. The molecule has 0 spiro atoms. The molecule has 192 valence electrons. The Bertz CT molecular complexity index is 1480. The number of hydrogen-bond donors (Lipinski definition) is 2. The second-order valence-electron chi connectivity index (χ2n) is 9.09. The summed E-state index contributed by atoms with van der Waals surface area (Å²) in [7, 11) is -3.72. The highest BCUT2D eigenvalue weighted by atomic mass is 32.2. The number of fused-ring (bicyclic) bond motifs is 1. The van der Waals surface area contributed by atoms with Crippen LogP contribution in [0.5, 0.6) is 0 Å². The van der Waals surface area contributed by atoms with Gasteiger partial charge in [-0.1, -0.05) is 24.3 Å². The minimum Gasteiger partial charge on any atom is -0.353 e. The molecule has 1 aliphatic heterocycles. The second kappa shape index (κ2) is 10.9. The van der Waals surface area contributed by atoms with E-state index in [-0.39, 0.29) is 10.8 Å². The number of benzene rings is 3. The first-order chi connectivity index (χ1) is 17.9. The van der Waals surface area contributed by atoms with Crippen LogP contribution in [0.25, 0.3) is 10.1 Å². The van der Waals surface area contributed by atoms with Crippen molar-refractivity contribution in [3.05, 3.63) is 78.4 Å². The van der Waals surface area contributed by atoms with Crippen LogP contribution in [0.4, 0.5) is 17.2 Å². The number of aromatic nitrogens is 1. The van der Waals surface area contributed by atoms with Gasteiger partial charge in [0.15, 0.2) is 0 Å². The molecular formula is C27H29N5O3S2. The molecule has 1 amide bonds. The van der Waals surface area contributed by atoms with Crippen molar-refractivity contribution in [1.82, 2.24) is 9.27 Å². The number of nitrogens with one attached hydrogen (secondary N) is 2. The van der Waals surface area contributed by atoms with Crippen molar-refractivity contribution in [1.29, 1.82) is 0 Å². The SMILES string of the molecule is CC(=O)Nc1ccc(S(=O)(=O)Nc2ccc(CCN3CCN(c4nsc5ccccc45)CC3)cc2)cc1. The molecule has 2 N–H and O–H groups in total. The predicted molar refractivity (Wildman–Crippen MR) is 150 cm³/mol. The van der Waals surface area contributed by atoms with Crippen LogP contribution in [-0.4, -0.2) is 56.3 Å². The van der Waals surface area contributed by atoms with E-state index < -0.39 is 10.0 Å². The molecule has 1 saturated heterocycles. The van der Waals surface area contributed by atoms with Crippen molar-refractivity contribution < 1.29 is 13.2 Å². The highest BCUT2D eigenvalue weighted by Gasteiger charge is 2.20. The number of amides is 1. The standard InChI is InChI=1S/C27H29N5O3S2/c1-20(33)28-22-10-12-24(13-11-22)37(34,35)30-23-8-6-21(7-9-23)14-15-31-16-18-32(19-17-31)27-25-4-2-3-5-26(25)36-29-27/h2-13,30H,14-19H2,1H3,(H,28,33). The van der Waals surface area contributed by atoms with Gasteiger partial charge in [-0.25, -0.2) is 8.42 Å². The number of anilines is 3. The minimum atomic E-state index is -3.72. The average molecular weight is 536 g/mol. The molecule has 8 nitrogen and oxygen atoms in total. The zero-order chi connectivity index (χ0) is 25.8. The summed E-state index contributed by atoms with van der Waals surface area (Å²) in [5.41, 5.74) is 2.23. The molecule has 2 heterocycles. The van der Waals surface area contributed by atoms with Crippen LogP contribution in [0.3, 0.4) is 0 Å². The normalized spacial score (nSPS) is 14.6. The number of carbonyl (C=O) groups is 1. The first-order valence-electron chi connectivity index (χ1n) is 12.2. The molecule has 3 aromatic carbocycles. The smallest absolute Gasteiger partial charge is 0.261 e. The molecule has 0 atom stereocenters. The molecule has 0 unspecified atom stereocenters. The van der Waals surface area contributed by atoms with Gasteiger partial charge in [0.05, 0.1) is 9.60 Å². The van der Waals surface area contributed by atoms with Gasteiger partial charge >= 0.3 is 0 Å². The Balaban J connectivity index is 1.11. The molecule has 1 aromatic heterocycles. The van der Waals surface area contributed by atoms with E-state index in [1.165, 1.54) is 29.1 Å². The van der Waals surface area contributed by atoms with Crippen LogP contribution < -0.4 is 14.9 Å². The minimum absolute atomic E-state index is 0.135. The van der Waals surface area contributed by atoms with Gasteiger partial charge in [-0.3, -0.25) is 14.4 Å². The molecule has 1 aliphatic rings. The van der Waals surface area contributed by atoms with Crippen LogP contribution in [0.1, 0.15) is 12.5 Å². The monoisotopic (exact) mass is 535 g/mol. The molecule has 4 aromatic rings. The average Bonchev–Trinajstić information content (AvgIpc) is 3.33. The lowest BCUT2D eigenvalue weighted by molar-refractivity contribution is -0.114. The molecule has 37 heavy (non-hydrogen) atoms. The van der Waals surface area contributed by atoms with Crippen LogP contribution in [0.15, 0.2) is 77.7 Å². The van der Waals surface area contributed by atoms with Gasteiger partial charge < -0.3 is 10.2 Å². The number of piperazine rings is 1. The molecule has 10 heteroatoms. The van der Waals surface area contributed by atoms with Gasteiger partial charge in [0.25, 0.3) is 10.0 Å². The maximum absolute atomic E-state index is 12.7. The zero-order valence-electron chi connectivity index (χ0n) is 20.6. The van der Waals surface area contributed by atoms with E-state index in [0.29, 0.717) is 11.4 Å². The van der Waals surface area contributed by atoms with E-state index in [1.54, 1.807) is 35.8 Å². The van der Waals surface area contributed by atoms with Gasteiger partial charge in [-0.2, -0.15) is 4.37 Å². The van der Waals surface area contributed by atoms with Gasteiger partial charge in [0.2, 0.25) is 5.91 Å². The Morgan fingerprint density at radius 1 is 0.919 bits per heavy atom. The van der Waals surface area contributed by atoms with Gasteiger partial charge in [-0.05, 0) is 72.0 Å². The van der Waals surface area contributed by atoms with Crippen molar-refractivity contribution in [2.24, 2.45) is 0 Å². The molecular weight excluding hydrogens is 506 g/mol. The lowest BCUT2D eigenvalue weighted by Gasteiger charge is -2.35. The number of sulfonamides is 1. The third-order valence-corrected chi connectivity index (χ3v) is 8.65. The van der Waals surface area contributed by atoms with Crippen LogP contribution in [0.2, 0.25) is 0 Å². The number of nitrogens with zero attached hydrogens (tertiary/aromatic N) is 3. The van der Waals surface area contributed by atoms with Crippen LogP contribution in [-0.2, 0) is 21.2 Å². The van der Waals surface area contributed by atoms with E-state index in [1.807, 2.05) is 12.1 Å². The molecule has 1 fully saturated rings. The quantitative estimate of drug-likeness (QED) is 0.347. The van der Waals surface area contributed by atoms with Gasteiger partial charge in [0, 0.05) is 56.4 Å². The van der Waals surface area contributed by atoms with Crippen molar-refractivity contribution in [3.63, 3.8) is 0 Å². The van der Waals surface area contributed by atoms with Crippen molar-refractivity contribution in [3.8, 4) is 0 Å². The summed E-state index contributed by atoms with van der Waals surface area (Å²) < 4.78 is 34.0. The maximum atomic E-state index is 12.7. The van der Waals surface area contributed by atoms with Gasteiger partial charge in [0.1, 0.15) is 5.82 Å². The number of hydrogen-bond acceptors (Lipinski definition) is 7. The Labute approximate surface area is 221 Å². The molecule has 5 rings (SSSR count). The number of rotatable bonds is 8. The maximum Gasteiger partial charge on any atom is 0.261 e. The summed E-state index contributed by atoms with van der Waals surface area (Å²) >= 11 is 1.56. The fourth-order valence-electron chi connectivity index (χ4n) is 4.45. The van der Waals surface area contributed by atoms with Gasteiger partial charge in [-0.15, -0.1) is 0 Å². The number of carbonyl (C=O) groups excluding carboxylic acids is 1. The topological polar surface area (TPSA) is 94.6 Å². The first kappa shape index (κ1) is 25.2. The second-order valence-corrected chi connectivity index (χ2v) is 11.6. The Kier molecular flexibility index (Phi) is 7.40. The van der Waals surface area contributed by atoms with Crippen LogP contribution in [0, 0.1) is 0 Å².